The van der Waals surface area contributed by atoms with E-state index in [4.69, 9.17) is 14.2 Å². The Morgan fingerprint density at radius 3 is 2.20 bits per heavy atom. The Morgan fingerprint density at radius 1 is 0.863 bits per heavy atom. The lowest BCUT2D eigenvalue weighted by atomic mass is 9.78. The molecular weight excluding hydrogens is 665 g/mol. The first-order chi connectivity index (χ1) is 24.7. The zero-order valence-electron chi connectivity index (χ0n) is 28.8. The van der Waals surface area contributed by atoms with E-state index >= 15 is 0 Å². The highest BCUT2D eigenvalue weighted by Gasteiger charge is 2.45. The lowest BCUT2D eigenvalue weighted by molar-refractivity contribution is -0.217. The highest BCUT2D eigenvalue weighted by molar-refractivity contribution is 7.90. The van der Waals surface area contributed by atoms with E-state index in [-0.39, 0.29) is 42.3 Å². The van der Waals surface area contributed by atoms with Crippen LogP contribution in [0.3, 0.4) is 0 Å². The second-order valence-corrected chi connectivity index (χ2v) is 15.2. The van der Waals surface area contributed by atoms with E-state index < -0.39 is 28.4 Å². The third kappa shape index (κ3) is 7.03. The van der Waals surface area contributed by atoms with Crippen LogP contribution in [0, 0.1) is 18.8 Å². The topological polar surface area (TPSA) is 104 Å². The Hall–Kier alpha value is -4.93. The molecule has 2 aliphatic heterocycles. The van der Waals surface area contributed by atoms with Gasteiger partial charge in [0, 0.05) is 24.3 Å². The number of para-hydroxylation sites is 1. The van der Waals surface area contributed by atoms with Gasteiger partial charge in [0.15, 0.2) is 0 Å². The molecule has 9 nitrogen and oxygen atoms in total. The van der Waals surface area contributed by atoms with Gasteiger partial charge in [-0.15, -0.1) is 0 Å². The third-order valence-electron chi connectivity index (χ3n) is 10.2. The molecule has 264 valence electrons. The van der Waals surface area contributed by atoms with Crippen molar-refractivity contribution in [2.75, 3.05) is 6.54 Å². The Labute approximate surface area is 298 Å². The van der Waals surface area contributed by atoms with E-state index in [2.05, 4.69) is 0 Å². The number of rotatable bonds is 10. The molecule has 4 aromatic carbocycles. The molecule has 0 saturated carbocycles. The van der Waals surface area contributed by atoms with Gasteiger partial charge in [-0.2, -0.15) is 0 Å². The van der Waals surface area contributed by atoms with Crippen LogP contribution in [0.5, 0.6) is 0 Å². The van der Waals surface area contributed by atoms with Crippen molar-refractivity contribution in [3.05, 3.63) is 137 Å². The van der Waals surface area contributed by atoms with Crippen molar-refractivity contribution in [1.29, 1.82) is 0 Å². The molecule has 0 aliphatic carbocycles. The van der Waals surface area contributed by atoms with Crippen LogP contribution in [0.4, 0.5) is 4.79 Å². The first-order valence-corrected chi connectivity index (χ1v) is 19.0. The predicted octanol–water partition coefficient (Wildman–Crippen LogP) is 7.95. The zero-order valence-corrected chi connectivity index (χ0v) is 29.6. The van der Waals surface area contributed by atoms with Crippen LogP contribution in [-0.4, -0.2) is 42.2 Å². The lowest BCUT2D eigenvalue weighted by Crippen LogP contribution is -2.46. The van der Waals surface area contributed by atoms with E-state index in [0.29, 0.717) is 37.0 Å². The van der Waals surface area contributed by atoms with E-state index in [1.54, 1.807) is 29.2 Å². The van der Waals surface area contributed by atoms with E-state index in [1.807, 2.05) is 98.8 Å². The molecule has 2 aliphatic rings. The van der Waals surface area contributed by atoms with Gasteiger partial charge >= 0.3 is 12.1 Å². The minimum absolute atomic E-state index is 0.0726. The molecule has 0 N–H and O–H groups in total. The Morgan fingerprint density at radius 2 is 1.51 bits per heavy atom. The smallest absolute Gasteiger partial charge is 0.410 e. The summed E-state index contributed by atoms with van der Waals surface area (Å²) in [5.41, 5.74) is 4.69. The van der Waals surface area contributed by atoms with Crippen molar-refractivity contribution < 1.29 is 32.2 Å². The van der Waals surface area contributed by atoms with Gasteiger partial charge in [0.25, 0.3) is 10.0 Å². The molecule has 51 heavy (non-hydrogen) atoms. The Bertz CT molecular complexity index is 2110. The number of hydrogen-bond acceptors (Lipinski definition) is 7. The fourth-order valence-corrected chi connectivity index (χ4v) is 9.20. The summed E-state index contributed by atoms with van der Waals surface area (Å²) in [6, 6.07) is 32.7. The number of nitrogens with zero attached hydrogens (tertiary/aromatic N) is 2. The SMILES string of the molecule is CC[C@H]1[C@@H](C[C@H]2c3c(c4ccccc4n3S(=O)(=O)c3ccc(C)cc3)CCN2C(=O)OCc2ccccc2)CC(=O)O[C@H]1OCc1ccccc1. The summed E-state index contributed by atoms with van der Waals surface area (Å²) < 4.78 is 48.7. The summed E-state index contributed by atoms with van der Waals surface area (Å²) in [5.74, 6) is -0.846. The minimum Gasteiger partial charge on any atom is -0.445 e. The Kier molecular flexibility index (Phi) is 9.97. The van der Waals surface area contributed by atoms with Crippen LogP contribution >= 0.6 is 0 Å². The molecule has 1 saturated heterocycles. The second kappa shape index (κ2) is 14.7. The number of fused-ring (bicyclic) bond motifs is 3. The summed E-state index contributed by atoms with van der Waals surface area (Å²) in [7, 11) is -4.12. The van der Waals surface area contributed by atoms with Crippen LogP contribution in [0.2, 0.25) is 0 Å². The van der Waals surface area contributed by atoms with Crippen molar-refractivity contribution in [1.82, 2.24) is 8.87 Å². The average molecular weight is 707 g/mol. The van der Waals surface area contributed by atoms with E-state index in [9.17, 15) is 18.0 Å². The monoisotopic (exact) mass is 706 g/mol. The fraction of sp³-hybridized carbons (Fsp3) is 0.317. The maximum atomic E-state index is 14.7. The number of hydrogen-bond donors (Lipinski definition) is 0. The van der Waals surface area contributed by atoms with Crippen molar-refractivity contribution in [3.63, 3.8) is 0 Å². The predicted molar refractivity (Wildman–Crippen MR) is 193 cm³/mol. The zero-order chi connectivity index (χ0) is 35.5. The number of aryl methyl sites for hydroxylation is 1. The molecule has 1 amide bonds. The Balaban J connectivity index is 1.31. The van der Waals surface area contributed by atoms with Crippen LogP contribution < -0.4 is 0 Å². The molecular formula is C41H42N2O7S. The number of cyclic esters (lactones) is 1. The van der Waals surface area contributed by atoms with Crippen LogP contribution in [-0.2, 0) is 48.7 Å². The number of carbonyl (C=O) groups is 2. The molecule has 0 unspecified atom stereocenters. The van der Waals surface area contributed by atoms with Crippen molar-refractivity contribution in [2.45, 2.75) is 70.0 Å². The van der Waals surface area contributed by atoms with Crippen molar-refractivity contribution in [2.24, 2.45) is 11.8 Å². The number of aromatic nitrogens is 1. The molecule has 0 spiro atoms. The molecule has 1 aromatic heterocycles. The number of ether oxygens (including phenoxy) is 3. The van der Waals surface area contributed by atoms with Gasteiger partial charge in [-0.3, -0.25) is 9.69 Å². The van der Waals surface area contributed by atoms with Gasteiger partial charge in [-0.25, -0.2) is 17.2 Å². The lowest BCUT2D eigenvalue weighted by Gasteiger charge is -2.42. The van der Waals surface area contributed by atoms with Gasteiger partial charge in [0.05, 0.1) is 28.8 Å². The van der Waals surface area contributed by atoms with E-state index in [0.717, 1.165) is 27.6 Å². The third-order valence-corrected chi connectivity index (χ3v) is 11.9. The second-order valence-electron chi connectivity index (χ2n) is 13.4. The molecule has 1 fully saturated rings. The van der Waals surface area contributed by atoms with Gasteiger partial charge < -0.3 is 14.2 Å². The molecule has 4 atom stereocenters. The normalized spacial score (nSPS) is 20.5. The summed E-state index contributed by atoms with van der Waals surface area (Å²) in [6.07, 6.45) is 0.197. The highest BCUT2D eigenvalue weighted by Crippen LogP contribution is 2.45. The summed E-state index contributed by atoms with van der Waals surface area (Å²) >= 11 is 0. The summed E-state index contributed by atoms with van der Waals surface area (Å²) in [4.78, 5) is 29.1. The number of carbonyl (C=O) groups excluding carboxylic acids is 2. The van der Waals surface area contributed by atoms with Gasteiger partial charge in [-0.05, 0) is 67.0 Å². The van der Waals surface area contributed by atoms with E-state index in [1.165, 1.54) is 3.97 Å². The number of benzene rings is 4. The maximum Gasteiger partial charge on any atom is 0.410 e. The van der Waals surface area contributed by atoms with Gasteiger partial charge in [-0.1, -0.05) is 103 Å². The average Bonchev–Trinajstić information content (AvgIpc) is 3.50. The number of esters is 1. The van der Waals surface area contributed by atoms with Gasteiger partial charge in [0.1, 0.15) is 6.61 Å². The summed E-state index contributed by atoms with van der Waals surface area (Å²) in [5, 5.41) is 0.824. The number of amides is 1. The van der Waals surface area contributed by atoms with Crippen LogP contribution in [0.15, 0.2) is 114 Å². The van der Waals surface area contributed by atoms with Crippen LogP contribution in [0.25, 0.3) is 10.9 Å². The first kappa shape index (κ1) is 34.5. The van der Waals surface area contributed by atoms with Crippen molar-refractivity contribution >= 4 is 33.0 Å². The molecule has 3 heterocycles. The fourth-order valence-electron chi connectivity index (χ4n) is 7.60. The quantitative estimate of drug-likeness (QED) is 0.136. The molecule has 5 aromatic rings. The minimum atomic E-state index is -4.12. The highest BCUT2D eigenvalue weighted by atomic mass is 32.2. The molecule has 0 radical (unpaired) electrons. The van der Waals surface area contributed by atoms with Gasteiger partial charge in [0.2, 0.25) is 6.29 Å². The first-order valence-electron chi connectivity index (χ1n) is 17.5. The molecule has 0 bridgehead atoms. The largest absolute Gasteiger partial charge is 0.445 e. The summed E-state index contributed by atoms with van der Waals surface area (Å²) in [6.45, 7) is 4.62. The van der Waals surface area contributed by atoms with Crippen molar-refractivity contribution in [3.8, 4) is 0 Å². The standard InChI is InChI=1S/C41H42N2O7S/c1-3-33-31(25-38(44)50-40(33)48-26-29-12-6-4-7-13-29)24-37-39-35(22-23-42(37)41(45)49-27-30-14-8-5-9-15-30)34-16-10-11-17-36(34)43(39)51(46,47)32-20-18-28(2)19-21-32/h4-21,31,33,37,40H,3,22-27H2,1-2H3/t31-,33-,37-,40+/m0/s1. The molecule has 10 heteroatoms. The van der Waals surface area contributed by atoms with Crippen LogP contribution in [0.1, 0.15) is 60.2 Å². The molecule has 7 rings (SSSR count). The maximum absolute atomic E-state index is 14.7.